The van der Waals surface area contributed by atoms with Crippen molar-refractivity contribution in [3.8, 4) is 22.8 Å². The Morgan fingerprint density at radius 3 is 2.18 bits per heavy atom. The Morgan fingerprint density at radius 2 is 1.52 bits per heavy atom. The van der Waals surface area contributed by atoms with E-state index in [4.69, 9.17) is 4.74 Å². The number of nitrogens with zero attached hydrogens (tertiary/aromatic N) is 4. The molecule has 4 aromatic rings. The van der Waals surface area contributed by atoms with Crippen molar-refractivity contribution in [2.45, 2.75) is 16.8 Å². The van der Waals surface area contributed by atoms with Gasteiger partial charge in [-0.1, -0.05) is 60.3 Å². The monoisotopic (exact) mass is 456 g/mol. The van der Waals surface area contributed by atoms with Crippen LogP contribution in [0.2, 0.25) is 0 Å². The van der Waals surface area contributed by atoms with Gasteiger partial charge in [-0.25, -0.2) is 4.90 Å². The summed E-state index contributed by atoms with van der Waals surface area (Å²) in [7, 11) is 1.57. The van der Waals surface area contributed by atoms with E-state index in [1.165, 1.54) is 16.7 Å². The second-order valence-corrected chi connectivity index (χ2v) is 8.59. The van der Waals surface area contributed by atoms with Gasteiger partial charge in [-0.15, -0.1) is 10.2 Å². The standard InChI is InChI=1S/C25H20N4O3S/c1-32-20-14-12-19(13-15-20)28-22(30)16-21(24(28)31)33-25-27-26-23(17-8-4-2-5-9-17)29(25)18-10-6-3-7-11-18/h2-15,21H,16H2,1H3/t21-/m1/s1. The fourth-order valence-electron chi connectivity index (χ4n) is 3.76. The van der Waals surface area contributed by atoms with Crippen molar-refractivity contribution in [3.05, 3.63) is 84.9 Å². The maximum atomic E-state index is 13.2. The smallest absolute Gasteiger partial charge is 0.247 e. The molecule has 0 radical (unpaired) electrons. The number of carbonyl (C=O) groups is 2. The van der Waals surface area contributed by atoms with Gasteiger partial charge in [0.15, 0.2) is 11.0 Å². The van der Waals surface area contributed by atoms with Crippen molar-refractivity contribution in [1.82, 2.24) is 14.8 Å². The SMILES string of the molecule is COc1ccc(N2C(=O)C[C@@H](Sc3nnc(-c4ccccc4)n3-c3ccccc3)C2=O)cc1. The maximum Gasteiger partial charge on any atom is 0.247 e. The second-order valence-electron chi connectivity index (χ2n) is 7.42. The molecule has 0 spiro atoms. The molecule has 7 nitrogen and oxygen atoms in total. The molecule has 1 aliphatic heterocycles. The highest BCUT2D eigenvalue weighted by Crippen LogP contribution is 2.36. The molecule has 0 bridgehead atoms. The molecule has 2 amide bonds. The Hall–Kier alpha value is -3.91. The summed E-state index contributed by atoms with van der Waals surface area (Å²) in [6.45, 7) is 0. The first kappa shape index (κ1) is 21.0. The molecule has 0 aliphatic carbocycles. The first-order chi connectivity index (χ1) is 16.2. The minimum atomic E-state index is -0.588. The molecule has 0 unspecified atom stereocenters. The zero-order valence-corrected chi connectivity index (χ0v) is 18.6. The molecule has 1 atom stereocenters. The van der Waals surface area contributed by atoms with Gasteiger partial charge in [-0.05, 0) is 36.4 Å². The number of amides is 2. The molecule has 0 N–H and O–H groups in total. The highest BCUT2D eigenvalue weighted by atomic mass is 32.2. The van der Waals surface area contributed by atoms with E-state index in [0.717, 1.165) is 11.3 Å². The summed E-state index contributed by atoms with van der Waals surface area (Å²) in [6, 6.07) is 26.4. The van der Waals surface area contributed by atoms with Gasteiger partial charge in [0, 0.05) is 17.7 Å². The van der Waals surface area contributed by atoms with Gasteiger partial charge in [0.1, 0.15) is 11.0 Å². The Balaban J connectivity index is 1.47. The molecule has 1 saturated heterocycles. The number of hydrogen-bond donors (Lipinski definition) is 0. The fraction of sp³-hybridized carbons (Fsp3) is 0.120. The Bertz CT molecular complexity index is 1290. The quantitative estimate of drug-likeness (QED) is 0.401. The minimum absolute atomic E-state index is 0.0951. The second kappa shape index (κ2) is 8.91. The third-order valence-corrected chi connectivity index (χ3v) is 6.49. The summed E-state index contributed by atoms with van der Waals surface area (Å²) in [5.41, 5.74) is 2.32. The van der Waals surface area contributed by atoms with E-state index in [2.05, 4.69) is 10.2 Å². The van der Waals surface area contributed by atoms with Gasteiger partial charge in [0.2, 0.25) is 11.8 Å². The average molecular weight is 457 g/mol. The topological polar surface area (TPSA) is 77.3 Å². The van der Waals surface area contributed by atoms with Crippen LogP contribution in [0.5, 0.6) is 5.75 Å². The predicted molar refractivity (Wildman–Crippen MR) is 127 cm³/mol. The van der Waals surface area contributed by atoms with Crippen molar-refractivity contribution in [3.63, 3.8) is 0 Å². The number of methoxy groups -OCH3 is 1. The number of anilines is 1. The number of benzene rings is 3. The molecule has 164 valence electrons. The lowest BCUT2D eigenvalue weighted by atomic mass is 10.2. The molecular formula is C25H20N4O3S. The van der Waals surface area contributed by atoms with E-state index < -0.39 is 5.25 Å². The van der Waals surface area contributed by atoms with E-state index in [-0.39, 0.29) is 18.2 Å². The summed E-state index contributed by atoms with van der Waals surface area (Å²) < 4.78 is 7.09. The van der Waals surface area contributed by atoms with Crippen LogP contribution in [0.25, 0.3) is 17.1 Å². The van der Waals surface area contributed by atoms with Crippen LogP contribution in [0.3, 0.4) is 0 Å². The van der Waals surface area contributed by atoms with E-state index in [9.17, 15) is 9.59 Å². The van der Waals surface area contributed by atoms with E-state index >= 15 is 0 Å². The predicted octanol–water partition coefficient (Wildman–Crippen LogP) is 4.37. The van der Waals surface area contributed by atoms with Crippen LogP contribution in [-0.2, 0) is 9.59 Å². The summed E-state index contributed by atoms with van der Waals surface area (Å²) in [6.07, 6.45) is 0.0951. The van der Waals surface area contributed by atoms with Gasteiger partial charge in [0.25, 0.3) is 0 Å². The van der Waals surface area contributed by atoms with Crippen LogP contribution in [-0.4, -0.2) is 38.9 Å². The fourth-order valence-corrected chi connectivity index (χ4v) is 4.83. The molecule has 2 heterocycles. The lowest BCUT2D eigenvalue weighted by molar-refractivity contribution is -0.121. The molecule has 1 aromatic heterocycles. The number of carbonyl (C=O) groups excluding carboxylic acids is 2. The largest absolute Gasteiger partial charge is 0.497 e. The third-order valence-electron chi connectivity index (χ3n) is 5.36. The van der Waals surface area contributed by atoms with Gasteiger partial charge >= 0.3 is 0 Å². The number of para-hydroxylation sites is 1. The number of ether oxygens (including phenoxy) is 1. The first-order valence-corrected chi connectivity index (χ1v) is 11.3. The van der Waals surface area contributed by atoms with Gasteiger partial charge < -0.3 is 4.74 Å². The summed E-state index contributed by atoms with van der Waals surface area (Å²) in [5, 5.41) is 8.77. The number of hydrogen-bond acceptors (Lipinski definition) is 6. The maximum absolute atomic E-state index is 13.2. The van der Waals surface area contributed by atoms with Gasteiger partial charge in [0.05, 0.1) is 12.8 Å². The Morgan fingerprint density at radius 1 is 0.848 bits per heavy atom. The zero-order valence-electron chi connectivity index (χ0n) is 17.8. The lowest BCUT2D eigenvalue weighted by Crippen LogP contribution is -2.31. The van der Waals surface area contributed by atoms with E-state index in [1.54, 1.807) is 31.4 Å². The lowest BCUT2D eigenvalue weighted by Gasteiger charge is -2.15. The van der Waals surface area contributed by atoms with Crippen LogP contribution in [0, 0.1) is 0 Å². The molecule has 0 saturated carbocycles. The average Bonchev–Trinajstić information content (AvgIpc) is 3.40. The zero-order chi connectivity index (χ0) is 22.8. The third kappa shape index (κ3) is 4.01. The summed E-state index contributed by atoms with van der Waals surface area (Å²) in [4.78, 5) is 27.2. The highest BCUT2D eigenvalue weighted by molar-refractivity contribution is 8.00. The van der Waals surface area contributed by atoms with Crippen molar-refractivity contribution in [2.75, 3.05) is 12.0 Å². The van der Waals surface area contributed by atoms with Gasteiger partial charge in [-0.3, -0.25) is 14.2 Å². The minimum Gasteiger partial charge on any atom is -0.497 e. The Kier molecular flexibility index (Phi) is 5.66. The first-order valence-electron chi connectivity index (χ1n) is 10.4. The highest BCUT2D eigenvalue weighted by Gasteiger charge is 2.41. The van der Waals surface area contributed by atoms with Crippen LogP contribution in [0.4, 0.5) is 5.69 Å². The van der Waals surface area contributed by atoms with Crippen LogP contribution >= 0.6 is 11.8 Å². The van der Waals surface area contributed by atoms with Crippen LogP contribution < -0.4 is 9.64 Å². The van der Waals surface area contributed by atoms with Crippen LogP contribution in [0.1, 0.15) is 6.42 Å². The van der Waals surface area contributed by atoms with Crippen molar-refractivity contribution < 1.29 is 14.3 Å². The van der Waals surface area contributed by atoms with Crippen molar-refractivity contribution in [2.24, 2.45) is 0 Å². The molecule has 3 aromatic carbocycles. The molecule has 8 heteroatoms. The molecule has 1 fully saturated rings. The summed E-state index contributed by atoms with van der Waals surface area (Å²) in [5.74, 6) is 0.831. The summed E-state index contributed by atoms with van der Waals surface area (Å²) >= 11 is 1.26. The van der Waals surface area contributed by atoms with E-state index in [0.29, 0.717) is 22.4 Å². The molecular weight excluding hydrogens is 436 g/mol. The number of rotatable bonds is 6. The van der Waals surface area contributed by atoms with Crippen molar-refractivity contribution in [1.29, 1.82) is 0 Å². The number of imide groups is 1. The van der Waals surface area contributed by atoms with Gasteiger partial charge in [-0.2, -0.15) is 0 Å². The molecule has 5 rings (SSSR count). The normalized spacial score (nSPS) is 15.8. The molecule has 1 aliphatic rings. The number of aromatic nitrogens is 3. The Labute approximate surface area is 195 Å². The van der Waals surface area contributed by atoms with Crippen LogP contribution in [0.15, 0.2) is 90.1 Å². The number of thioether (sulfide) groups is 1. The van der Waals surface area contributed by atoms with E-state index in [1.807, 2.05) is 65.2 Å². The molecule has 33 heavy (non-hydrogen) atoms. The van der Waals surface area contributed by atoms with Crippen molar-refractivity contribution >= 4 is 29.3 Å².